The van der Waals surface area contributed by atoms with E-state index >= 15 is 0 Å². The number of nitrogens with zero attached hydrogens (tertiary/aromatic N) is 6. The molecule has 3 aliphatic heterocycles. The maximum Gasteiger partial charge on any atom is 0.419 e. The highest BCUT2D eigenvalue weighted by atomic mass is 32.1. The summed E-state index contributed by atoms with van der Waals surface area (Å²) in [4.78, 5) is 60.7. The van der Waals surface area contributed by atoms with E-state index in [1.54, 1.807) is 30.9 Å². The average molecular weight is 838 g/mol. The number of aromatic nitrogens is 1. The number of thiocarbonyl (C=S) groups is 1. The lowest BCUT2D eigenvalue weighted by atomic mass is 10.0. The summed E-state index contributed by atoms with van der Waals surface area (Å²) in [5.74, 6) is -1.76. The average Bonchev–Trinajstić information content (AvgIpc) is 3.36. The molecule has 6 rings (SSSR count). The van der Waals surface area contributed by atoms with Crippen molar-refractivity contribution in [1.82, 2.24) is 20.1 Å². The predicted molar refractivity (Wildman–Crippen MR) is 214 cm³/mol. The zero-order valence-electron chi connectivity index (χ0n) is 32.8. The number of ether oxygens (including phenoxy) is 1. The molecule has 19 heteroatoms. The van der Waals surface area contributed by atoms with Crippen LogP contribution < -0.4 is 30.5 Å². The number of nitriles is 1. The number of alkyl halides is 3. The lowest BCUT2D eigenvalue weighted by molar-refractivity contribution is -0.138. The van der Waals surface area contributed by atoms with Crippen LogP contribution in [-0.2, 0) is 31.8 Å². The number of nitrogens with one attached hydrogen (secondary N) is 3. The van der Waals surface area contributed by atoms with Gasteiger partial charge in [0.05, 0.1) is 29.7 Å². The number of halogens is 4. The van der Waals surface area contributed by atoms with Gasteiger partial charge in [-0.3, -0.25) is 39.2 Å². The number of piperazine rings is 1. The highest BCUT2D eigenvalue weighted by molar-refractivity contribution is 7.81. The van der Waals surface area contributed by atoms with Crippen molar-refractivity contribution in [2.75, 3.05) is 59.8 Å². The van der Waals surface area contributed by atoms with Gasteiger partial charge in [0.2, 0.25) is 17.7 Å². The zero-order valence-corrected chi connectivity index (χ0v) is 33.6. The molecule has 1 aromatic heterocycles. The molecule has 3 saturated heterocycles. The standard InChI is InChI=1S/C40H43F4N9O5S/c1-5-24-16-26(53-38(59)52(37(57)39(53,3)4)27-18-28(40(42,43)44)32(19-45)46-20-27)7-10-33(24)58-15-14-50-12-13-51(23(2)21-50)22-35(55)48-31-17-25(6-8-29(31)41)47-30-9-11-34(54)49-36(30)56/h6-8,10,16-18,20,23,30,47H,5,9,11-15,21-22H2,1-4H3,(H,48,55)(H,49,54,56)/t23-,30?/m1/s1. The van der Waals surface area contributed by atoms with Crippen LogP contribution in [0.2, 0.25) is 0 Å². The van der Waals surface area contributed by atoms with Gasteiger partial charge in [0.1, 0.15) is 35.8 Å². The zero-order chi connectivity index (χ0) is 42.8. The van der Waals surface area contributed by atoms with Gasteiger partial charge in [-0.1, -0.05) is 6.92 Å². The van der Waals surface area contributed by atoms with Crippen LogP contribution in [0, 0.1) is 17.1 Å². The van der Waals surface area contributed by atoms with Crippen LogP contribution in [0.15, 0.2) is 48.7 Å². The highest BCUT2D eigenvalue weighted by Gasteiger charge is 2.51. The van der Waals surface area contributed by atoms with Gasteiger partial charge >= 0.3 is 6.18 Å². The molecule has 0 saturated carbocycles. The Morgan fingerprint density at radius 3 is 2.56 bits per heavy atom. The van der Waals surface area contributed by atoms with Gasteiger partial charge in [-0.05, 0) is 93.9 Å². The lowest BCUT2D eigenvalue weighted by Crippen LogP contribution is -2.54. The molecule has 0 aliphatic carbocycles. The van der Waals surface area contributed by atoms with Crippen LogP contribution in [0.3, 0.4) is 0 Å². The van der Waals surface area contributed by atoms with Crippen LogP contribution >= 0.6 is 12.2 Å². The number of benzene rings is 2. The number of pyridine rings is 1. The number of imide groups is 1. The number of carbonyl (C=O) groups is 4. The Labute approximate surface area is 343 Å². The monoisotopic (exact) mass is 837 g/mol. The molecule has 3 fully saturated rings. The Hall–Kier alpha value is -5.71. The van der Waals surface area contributed by atoms with Gasteiger partial charge in [0.15, 0.2) is 10.8 Å². The number of carbonyl (C=O) groups excluding carboxylic acids is 4. The van der Waals surface area contributed by atoms with Crippen LogP contribution in [0.1, 0.15) is 57.4 Å². The molecule has 2 atom stereocenters. The van der Waals surface area contributed by atoms with Gasteiger partial charge in [-0.2, -0.15) is 18.4 Å². The summed E-state index contributed by atoms with van der Waals surface area (Å²) in [6.45, 7) is 10.1. The Morgan fingerprint density at radius 1 is 1.12 bits per heavy atom. The molecular formula is C40H43F4N9O5S. The smallest absolute Gasteiger partial charge is 0.419 e. The minimum Gasteiger partial charge on any atom is -0.492 e. The van der Waals surface area contributed by atoms with Crippen LogP contribution in [0.4, 0.5) is 40.3 Å². The number of hydrogen-bond acceptors (Lipinski definition) is 11. The van der Waals surface area contributed by atoms with E-state index in [1.807, 2.05) is 24.8 Å². The molecule has 312 valence electrons. The summed E-state index contributed by atoms with van der Waals surface area (Å²) >= 11 is 5.67. The van der Waals surface area contributed by atoms with Crippen molar-refractivity contribution in [2.24, 2.45) is 0 Å². The Bertz CT molecular complexity index is 2210. The fraction of sp³-hybridized carbons (Fsp3) is 0.425. The molecule has 4 amide bonds. The summed E-state index contributed by atoms with van der Waals surface area (Å²) in [6.07, 6.45) is -2.79. The van der Waals surface area contributed by atoms with Gasteiger partial charge in [0.25, 0.3) is 5.91 Å². The van der Waals surface area contributed by atoms with E-state index in [0.717, 1.165) is 16.7 Å². The molecule has 3 aromatic rings. The largest absolute Gasteiger partial charge is 0.492 e. The van der Waals surface area contributed by atoms with E-state index < -0.39 is 52.6 Å². The van der Waals surface area contributed by atoms with Crippen molar-refractivity contribution in [2.45, 2.75) is 70.8 Å². The molecule has 59 heavy (non-hydrogen) atoms. The van der Waals surface area contributed by atoms with Crippen molar-refractivity contribution in [1.29, 1.82) is 5.26 Å². The van der Waals surface area contributed by atoms with Crippen molar-refractivity contribution in [3.8, 4) is 11.8 Å². The van der Waals surface area contributed by atoms with Gasteiger partial charge in [0, 0.05) is 50.0 Å². The molecule has 2 aromatic carbocycles. The van der Waals surface area contributed by atoms with E-state index in [2.05, 4.69) is 25.8 Å². The summed E-state index contributed by atoms with van der Waals surface area (Å²) in [5, 5.41) is 17.0. The second-order valence-corrected chi connectivity index (χ2v) is 15.4. The lowest BCUT2D eigenvalue weighted by Gasteiger charge is -2.39. The topological polar surface area (TPSA) is 163 Å². The number of piperidine rings is 1. The highest BCUT2D eigenvalue weighted by Crippen LogP contribution is 2.40. The first-order chi connectivity index (χ1) is 27.9. The van der Waals surface area contributed by atoms with Gasteiger partial charge in [-0.25, -0.2) is 9.37 Å². The number of amides is 4. The normalized spacial score (nSPS) is 20.1. The van der Waals surface area contributed by atoms with E-state index in [1.165, 1.54) is 24.3 Å². The molecule has 0 bridgehead atoms. The minimum absolute atomic E-state index is 0.000373. The fourth-order valence-corrected chi connectivity index (χ4v) is 7.89. The Morgan fingerprint density at radius 2 is 1.88 bits per heavy atom. The second-order valence-electron chi connectivity index (χ2n) is 15.0. The fourth-order valence-electron chi connectivity index (χ4n) is 7.37. The number of aryl methyl sites for hydroxylation is 1. The van der Waals surface area contributed by atoms with Gasteiger partial charge < -0.3 is 20.3 Å². The van der Waals surface area contributed by atoms with E-state index in [0.29, 0.717) is 68.8 Å². The summed E-state index contributed by atoms with van der Waals surface area (Å²) < 4.78 is 62.1. The maximum atomic E-state index is 14.7. The SMILES string of the molecule is CCc1cc(N2C(=S)N(c3cnc(C#N)c(C(F)(F)F)c3)C(=O)C2(C)C)ccc1OCCN1CCN(CC(=O)Nc2cc(NC3CCC(=O)NC3=O)ccc2F)[C@H](C)C1. The number of anilines is 4. The first-order valence-corrected chi connectivity index (χ1v) is 19.4. The van der Waals surface area contributed by atoms with Crippen LogP contribution in [-0.4, -0.2) is 100 Å². The van der Waals surface area contributed by atoms with E-state index in [-0.39, 0.29) is 41.4 Å². The summed E-state index contributed by atoms with van der Waals surface area (Å²) in [7, 11) is 0. The van der Waals surface area contributed by atoms with Crippen molar-refractivity contribution >= 4 is 63.7 Å². The maximum absolute atomic E-state index is 14.7. The molecule has 0 radical (unpaired) electrons. The Kier molecular flexibility index (Phi) is 12.5. The Balaban J connectivity index is 1.02. The molecule has 3 N–H and O–H groups in total. The summed E-state index contributed by atoms with van der Waals surface area (Å²) in [6, 6.07) is 10.9. The quantitative estimate of drug-likeness (QED) is 0.130. The third kappa shape index (κ3) is 9.29. The molecule has 14 nitrogen and oxygen atoms in total. The third-order valence-corrected chi connectivity index (χ3v) is 10.9. The molecule has 4 heterocycles. The second kappa shape index (κ2) is 17.3. The van der Waals surface area contributed by atoms with Crippen molar-refractivity contribution in [3.05, 3.63) is 71.3 Å². The van der Waals surface area contributed by atoms with Crippen molar-refractivity contribution < 1.29 is 41.5 Å². The number of rotatable bonds is 12. The van der Waals surface area contributed by atoms with E-state index in [4.69, 9.17) is 22.2 Å². The summed E-state index contributed by atoms with van der Waals surface area (Å²) in [5.41, 5.74) is -1.77. The van der Waals surface area contributed by atoms with Crippen molar-refractivity contribution in [3.63, 3.8) is 0 Å². The minimum atomic E-state index is -4.87. The van der Waals surface area contributed by atoms with Gasteiger partial charge in [-0.15, -0.1) is 0 Å². The third-order valence-electron chi connectivity index (χ3n) is 10.6. The first-order valence-electron chi connectivity index (χ1n) is 19.0. The number of hydrogen-bond donors (Lipinski definition) is 3. The first kappa shape index (κ1) is 42.9. The van der Waals surface area contributed by atoms with Crippen LogP contribution in [0.5, 0.6) is 5.75 Å². The molecular weight excluding hydrogens is 795 g/mol. The van der Waals surface area contributed by atoms with Crippen LogP contribution in [0.25, 0.3) is 0 Å². The van der Waals surface area contributed by atoms with E-state index in [9.17, 15) is 36.7 Å². The predicted octanol–water partition coefficient (Wildman–Crippen LogP) is 4.83. The molecule has 0 spiro atoms. The molecule has 3 aliphatic rings. The molecule has 1 unspecified atom stereocenters.